The number of nitrogens with one attached hydrogen (secondary N) is 1. The van der Waals surface area contributed by atoms with Crippen molar-refractivity contribution in [1.29, 1.82) is 0 Å². The van der Waals surface area contributed by atoms with Crippen LogP contribution in [0, 0.1) is 0 Å². The highest BCUT2D eigenvalue weighted by Gasteiger charge is 2.29. The number of aromatic nitrogens is 2. The van der Waals surface area contributed by atoms with E-state index in [2.05, 4.69) is 10.3 Å². The summed E-state index contributed by atoms with van der Waals surface area (Å²) in [5.41, 5.74) is 0.831. The van der Waals surface area contributed by atoms with Gasteiger partial charge in [0, 0.05) is 25.2 Å². The van der Waals surface area contributed by atoms with Gasteiger partial charge in [-0.2, -0.15) is 0 Å². The van der Waals surface area contributed by atoms with Crippen molar-refractivity contribution in [2.24, 2.45) is 0 Å². The molecular formula is C12H17N3O2S. The molecule has 1 N–H and O–H groups in total. The zero-order valence-electron chi connectivity index (χ0n) is 10.7. The Labute approximate surface area is 107 Å². The first kappa shape index (κ1) is 12.9. The maximum atomic E-state index is 11.6. The zero-order valence-corrected chi connectivity index (χ0v) is 11.5. The number of anilines is 1. The average Bonchev–Trinajstić information content (AvgIpc) is 2.73. The first-order valence-corrected chi connectivity index (χ1v) is 7.56. The second-order valence-corrected chi connectivity index (χ2v) is 7.60. The van der Waals surface area contributed by atoms with Crippen LogP contribution in [0.5, 0.6) is 0 Å². The van der Waals surface area contributed by atoms with Gasteiger partial charge in [-0.25, -0.2) is 13.4 Å². The van der Waals surface area contributed by atoms with E-state index in [-0.39, 0.29) is 0 Å². The predicted molar refractivity (Wildman–Crippen MR) is 72.6 cm³/mol. The summed E-state index contributed by atoms with van der Waals surface area (Å²) >= 11 is 0. The van der Waals surface area contributed by atoms with Gasteiger partial charge in [0.15, 0.2) is 9.84 Å². The topological polar surface area (TPSA) is 63.5 Å². The molecule has 6 heteroatoms. The Morgan fingerprint density at radius 1 is 1.39 bits per heavy atom. The molecule has 0 aliphatic rings. The lowest BCUT2D eigenvalue weighted by Gasteiger charge is -2.23. The molecule has 0 aliphatic heterocycles. The minimum absolute atomic E-state index is 0.350. The quantitative estimate of drug-likeness (QED) is 0.913. The Bertz CT molecular complexity index is 659. The summed E-state index contributed by atoms with van der Waals surface area (Å²) in [6.07, 6.45) is 4.81. The van der Waals surface area contributed by atoms with Crippen LogP contribution in [0.3, 0.4) is 0 Å². The third-order valence-corrected chi connectivity index (χ3v) is 5.28. The van der Waals surface area contributed by atoms with Crippen LogP contribution in [-0.4, -0.2) is 35.4 Å². The van der Waals surface area contributed by atoms with E-state index in [9.17, 15) is 8.42 Å². The summed E-state index contributed by atoms with van der Waals surface area (Å²) in [5, 5.41) is 3.16. The standard InChI is InChI=1S/C12H17N3O2S/c1-12(2,18(3,16)17)9-14-11-6-4-5-10-13-7-8-15(10)11/h4-8,14H,9H2,1-3H3. The van der Waals surface area contributed by atoms with Crippen LogP contribution < -0.4 is 5.32 Å². The van der Waals surface area contributed by atoms with Gasteiger partial charge in [0.05, 0.1) is 4.75 Å². The van der Waals surface area contributed by atoms with E-state index < -0.39 is 14.6 Å². The molecular weight excluding hydrogens is 250 g/mol. The van der Waals surface area contributed by atoms with Crippen molar-refractivity contribution in [2.45, 2.75) is 18.6 Å². The van der Waals surface area contributed by atoms with Crippen LogP contribution in [0.1, 0.15) is 13.8 Å². The van der Waals surface area contributed by atoms with Gasteiger partial charge in [-0.3, -0.25) is 4.40 Å². The average molecular weight is 267 g/mol. The van der Waals surface area contributed by atoms with Gasteiger partial charge in [-0.1, -0.05) is 6.07 Å². The number of hydrogen-bond donors (Lipinski definition) is 1. The van der Waals surface area contributed by atoms with Crippen LogP contribution in [0.25, 0.3) is 5.65 Å². The summed E-state index contributed by atoms with van der Waals surface area (Å²) in [4.78, 5) is 4.18. The van der Waals surface area contributed by atoms with Crippen molar-refractivity contribution in [3.8, 4) is 0 Å². The van der Waals surface area contributed by atoms with Crippen LogP contribution in [0.4, 0.5) is 5.82 Å². The Kier molecular flexibility index (Phi) is 3.06. The number of rotatable bonds is 4. The van der Waals surface area contributed by atoms with Crippen molar-refractivity contribution in [3.63, 3.8) is 0 Å². The van der Waals surface area contributed by atoms with Crippen LogP contribution in [-0.2, 0) is 9.84 Å². The molecule has 0 saturated carbocycles. The van der Waals surface area contributed by atoms with Gasteiger partial charge in [0.2, 0.25) is 0 Å². The van der Waals surface area contributed by atoms with E-state index in [4.69, 9.17) is 0 Å². The maximum absolute atomic E-state index is 11.6. The Hall–Kier alpha value is -1.56. The fourth-order valence-electron chi connectivity index (χ4n) is 1.53. The van der Waals surface area contributed by atoms with Gasteiger partial charge >= 0.3 is 0 Å². The first-order valence-electron chi connectivity index (χ1n) is 5.67. The van der Waals surface area contributed by atoms with Crippen molar-refractivity contribution in [3.05, 3.63) is 30.6 Å². The molecule has 0 aromatic carbocycles. The maximum Gasteiger partial charge on any atom is 0.154 e. The number of imidazole rings is 1. The molecule has 0 fully saturated rings. The second-order valence-electron chi connectivity index (χ2n) is 4.95. The lowest BCUT2D eigenvalue weighted by Crippen LogP contribution is -2.38. The van der Waals surface area contributed by atoms with Crippen molar-refractivity contribution in [1.82, 2.24) is 9.38 Å². The summed E-state index contributed by atoms with van der Waals surface area (Å²) < 4.78 is 24.3. The van der Waals surface area contributed by atoms with Gasteiger partial charge in [-0.15, -0.1) is 0 Å². The van der Waals surface area contributed by atoms with Crippen molar-refractivity contribution >= 4 is 21.3 Å². The van der Waals surface area contributed by atoms with Crippen LogP contribution in [0.15, 0.2) is 30.6 Å². The fourth-order valence-corrected chi connectivity index (χ4v) is 1.86. The fraction of sp³-hybridized carbons (Fsp3) is 0.417. The van der Waals surface area contributed by atoms with E-state index >= 15 is 0 Å². The predicted octanol–water partition coefficient (Wildman–Crippen LogP) is 1.57. The number of fused-ring (bicyclic) bond motifs is 1. The van der Waals surface area contributed by atoms with E-state index in [0.717, 1.165) is 11.5 Å². The number of pyridine rings is 1. The van der Waals surface area contributed by atoms with Crippen molar-refractivity contribution in [2.75, 3.05) is 18.1 Å². The second kappa shape index (κ2) is 4.28. The highest BCUT2D eigenvalue weighted by atomic mass is 32.2. The largest absolute Gasteiger partial charge is 0.370 e. The minimum atomic E-state index is -3.10. The molecule has 2 rings (SSSR count). The summed E-state index contributed by atoms with van der Waals surface area (Å²) in [7, 11) is -3.10. The highest BCUT2D eigenvalue weighted by Crippen LogP contribution is 2.17. The monoisotopic (exact) mass is 267 g/mol. The summed E-state index contributed by atoms with van der Waals surface area (Å²) in [6, 6.07) is 5.68. The minimum Gasteiger partial charge on any atom is -0.370 e. The third kappa shape index (κ3) is 2.33. The molecule has 98 valence electrons. The molecule has 2 aromatic heterocycles. The van der Waals surface area contributed by atoms with Crippen LogP contribution >= 0.6 is 0 Å². The van der Waals surface area contributed by atoms with E-state index in [1.165, 1.54) is 6.26 Å². The molecule has 0 saturated heterocycles. The number of sulfone groups is 1. The molecule has 2 aromatic rings. The normalized spacial score (nSPS) is 12.8. The Morgan fingerprint density at radius 2 is 2.11 bits per heavy atom. The van der Waals surface area contributed by atoms with Gasteiger partial charge in [0.1, 0.15) is 11.5 Å². The molecule has 18 heavy (non-hydrogen) atoms. The molecule has 0 atom stereocenters. The molecule has 0 spiro atoms. The van der Waals surface area contributed by atoms with Crippen LogP contribution in [0.2, 0.25) is 0 Å². The lowest BCUT2D eigenvalue weighted by molar-refractivity contribution is 0.559. The smallest absolute Gasteiger partial charge is 0.154 e. The molecule has 5 nitrogen and oxygen atoms in total. The van der Waals surface area contributed by atoms with Crippen molar-refractivity contribution < 1.29 is 8.42 Å². The molecule has 0 bridgehead atoms. The first-order chi connectivity index (χ1) is 8.31. The van der Waals surface area contributed by atoms with Gasteiger partial charge in [0.25, 0.3) is 0 Å². The Morgan fingerprint density at radius 3 is 2.78 bits per heavy atom. The molecule has 0 amide bonds. The molecule has 0 aliphatic carbocycles. The molecule has 0 unspecified atom stereocenters. The van der Waals surface area contributed by atoms with E-state index in [1.54, 1.807) is 20.0 Å². The number of nitrogens with zero attached hydrogens (tertiary/aromatic N) is 2. The lowest BCUT2D eigenvalue weighted by atomic mass is 10.2. The third-order valence-electron chi connectivity index (χ3n) is 3.13. The molecule has 0 radical (unpaired) electrons. The molecule has 2 heterocycles. The SMILES string of the molecule is CC(C)(CNc1cccc2nccn12)S(C)(=O)=O. The van der Waals surface area contributed by atoms with E-state index in [1.807, 2.05) is 28.8 Å². The summed E-state index contributed by atoms with van der Waals surface area (Å²) in [6.45, 7) is 3.77. The van der Waals surface area contributed by atoms with Gasteiger partial charge in [-0.05, 0) is 26.0 Å². The summed E-state index contributed by atoms with van der Waals surface area (Å²) in [5.74, 6) is 0.835. The van der Waals surface area contributed by atoms with Gasteiger partial charge < -0.3 is 5.32 Å². The van der Waals surface area contributed by atoms with E-state index in [0.29, 0.717) is 6.54 Å². The highest BCUT2D eigenvalue weighted by molar-refractivity contribution is 7.92. The number of hydrogen-bond acceptors (Lipinski definition) is 4. The zero-order chi connectivity index (χ0) is 13.4. The Balaban J connectivity index is 2.23.